The van der Waals surface area contributed by atoms with Crippen molar-refractivity contribution in [2.75, 3.05) is 24.7 Å². The summed E-state index contributed by atoms with van der Waals surface area (Å²) in [5.74, 6) is 1.05. The zero-order valence-corrected chi connectivity index (χ0v) is 12.7. The van der Waals surface area contributed by atoms with Crippen LogP contribution in [0.15, 0.2) is 22.6 Å². The molecule has 1 amide bonds. The molecule has 0 radical (unpaired) electrons. The van der Waals surface area contributed by atoms with E-state index in [1.807, 2.05) is 38.9 Å². The lowest BCUT2D eigenvalue weighted by Crippen LogP contribution is -2.25. The quantitative estimate of drug-likeness (QED) is 0.839. The Morgan fingerprint density at radius 3 is 2.67 bits per heavy atom. The van der Waals surface area contributed by atoms with Crippen molar-refractivity contribution in [2.24, 2.45) is 0 Å². The van der Waals surface area contributed by atoms with Gasteiger partial charge in [-0.05, 0) is 32.0 Å². The summed E-state index contributed by atoms with van der Waals surface area (Å²) in [5.41, 5.74) is 8.48. The molecule has 21 heavy (non-hydrogen) atoms. The van der Waals surface area contributed by atoms with Crippen LogP contribution in [0.3, 0.4) is 0 Å². The van der Waals surface area contributed by atoms with Crippen LogP contribution < -0.4 is 16.0 Å². The van der Waals surface area contributed by atoms with Crippen molar-refractivity contribution in [2.45, 2.75) is 20.4 Å². The molecular weight excluding hydrogens is 268 g/mol. The molecule has 1 heterocycles. The van der Waals surface area contributed by atoms with Gasteiger partial charge in [-0.15, -0.1) is 0 Å². The molecule has 0 atom stereocenters. The molecule has 6 nitrogen and oxygen atoms in total. The Hall–Kier alpha value is -2.50. The number of nitrogens with one attached hydrogen (secondary N) is 1. The third-order valence-corrected chi connectivity index (χ3v) is 3.22. The highest BCUT2D eigenvalue weighted by Crippen LogP contribution is 2.21. The molecule has 0 aliphatic heterocycles. The number of rotatable bonds is 4. The second-order valence-corrected chi connectivity index (χ2v) is 5.10. The highest BCUT2D eigenvalue weighted by atomic mass is 16.4. The molecule has 0 saturated carbocycles. The average Bonchev–Trinajstić information content (AvgIpc) is 2.74. The van der Waals surface area contributed by atoms with Gasteiger partial charge in [-0.2, -0.15) is 0 Å². The van der Waals surface area contributed by atoms with E-state index in [9.17, 15) is 4.79 Å². The number of carbonyl (C=O) groups excluding carboxylic acids is 1. The van der Waals surface area contributed by atoms with Gasteiger partial charge in [0, 0.05) is 25.5 Å². The number of nitrogens with zero attached hydrogens (tertiary/aromatic N) is 2. The lowest BCUT2D eigenvalue weighted by atomic mass is 10.1. The number of aryl methyl sites for hydroxylation is 2. The number of amides is 1. The van der Waals surface area contributed by atoms with Crippen molar-refractivity contribution in [3.8, 4) is 0 Å². The van der Waals surface area contributed by atoms with E-state index in [2.05, 4.69) is 10.3 Å². The Balaban J connectivity index is 2.15. The molecule has 1 aromatic carbocycles. The minimum absolute atomic E-state index is 0.209. The van der Waals surface area contributed by atoms with E-state index >= 15 is 0 Å². The largest absolute Gasteiger partial charge is 0.444 e. The van der Waals surface area contributed by atoms with Gasteiger partial charge in [0.2, 0.25) is 5.89 Å². The molecule has 0 saturated heterocycles. The summed E-state index contributed by atoms with van der Waals surface area (Å²) >= 11 is 0. The fraction of sp³-hybridized carbons (Fsp3) is 0.333. The summed E-state index contributed by atoms with van der Waals surface area (Å²) in [4.78, 5) is 18.4. The summed E-state index contributed by atoms with van der Waals surface area (Å²) in [7, 11) is 3.76. The molecule has 6 heteroatoms. The van der Waals surface area contributed by atoms with Gasteiger partial charge < -0.3 is 20.4 Å². The van der Waals surface area contributed by atoms with Crippen LogP contribution in [0.4, 0.5) is 11.4 Å². The van der Waals surface area contributed by atoms with E-state index in [0.29, 0.717) is 17.1 Å². The molecule has 0 aliphatic rings. The third-order valence-electron chi connectivity index (χ3n) is 3.22. The molecule has 2 rings (SSSR count). The predicted molar refractivity (Wildman–Crippen MR) is 82.3 cm³/mol. The predicted octanol–water partition coefficient (Wildman–Crippen LogP) is 1.87. The zero-order valence-electron chi connectivity index (χ0n) is 12.7. The standard InChI is InChI=1S/C15H20N4O2/c1-9-10(2)21-14(18-9)8-17-15(20)12-7-11(16)5-6-13(12)19(3)4/h5-7H,8,16H2,1-4H3,(H,17,20). The average molecular weight is 288 g/mol. The number of nitrogens with two attached hydrogens (primary N) is 1. The van der Waals surface area contributed by atoms with Gasteiger partial charge in [0.25, 0.3) is 5.91 Å². The van der Waals surface area contributed by atoms with Gasteiger partial charge in [0.05, 0.1) is 17.8 Å². The molecule has 3 N–H and O–H groups in total. The van der Waals surface area contributed by atoms with Crippen molar-refractivity contribution in [3.63, 3.8) is 0 Å². The summed E-state index contributed by atoms with van der Waals surface area (Å²) < 4.78 is 5.44. The van der Waals surface area contributed by atoms with Crippen LogP contribution in [0, 0.1) is 13.8 Å². The second kappa shape index (κ2) is 5.87. The highest BCUT2D eigenvalue weighted by molar-refractivity contribution is 6.00. The van der Waals surface area contributed by atoms with Gasteiger partial charge in [-0.3, -0.25) is 4.79 Å². The maximum atomic E-state index is 12.3. The first-order chi connectivity index (χ1) is 9.88. The van der Waals surface area contributed by atoms with E-state index in [0.717, 1.165) is 17.1 Å². The molecule has 0 unspecified atom stereocenters. The SMILES string of the molecule is Cc1nc(CNC(=O)c2cc(N)ccc2N(C)C)oc1C. The van der Waals surface area contributed by atoms with Gasteiger partial charge in [-0.1, -0.05) is 0 Å². The molecule has 0 fully saturated rings. The smallest absolute Gasteiger partial charge is 0.253 e. The first-order valence-electron chi connectivity index (χ1n) is 6.66. The number of nitrogen functional groups attached to an aromatic ring is 1. The number of hydrogen-bond acceptors (Lipinski definition) is 5. The molecule has 2 aromatic rings. The van der Waals surface area contributed by atoms with E-state index in [-0.39, 0.29) is 12.5 Å². The van der Waals surface area contributed by atoms with Crippen molar-refractivity contribution in [1.82, 2.24) is 10.3 Å². The zero-order chi connectivity index (χ0) is 15.6. The van der Waals surface area contributed by atoms with Gasteiger partial charge in [0.15, 0.2) is 0 Å². The van der Waals surface area contributed by atoms with Crippen LogP contribution in [0.1, 0.15) is 27.7 Å². The Labute approximate surface area is 124 Å². The van der Waals surface area contributed by atoms with Crippen LogP contribution in [0.25, 0.3) is 0 Å². The fourth-order valence-corrected chi connectivity index (χ4v) is 1.99. The molecule has 0 aliphatic carbocycles. The maximum absolute atomic E-state index is 12.3. The number of benzene rings is 1. The third kappa shape index (κ3) is 3.34. The summed E-state index contributed by atoms with van der Waals surface area (Å²) in [6.45, 7) is 3.96. The van der Waals surface area contributed by atoms with Crippen molar-refractivity contribution in [3.05, 3.63) is 41.1 Å². The maximum Gasteiger partial charge on any atom is 0.253 e. The number of aromatic nitrogens is 1. The highest BCUT2D eigenvalue weighted by Gasteiger charge is 2.14. The minimum atomic E-state index is -0.209. The molecule has 0 spiro atoms. The number of hydrogen-bond donors (Lipinski definition) is 2. The fourth-order valence-electron chi connectivity index (χ4n) is 1.99. The van der Waals surface area contributed by atoms with Crippen LogP contribution in [0.5, 0.6) is 0 Å². The molecule has 0 bridgehead atoms. The van der Waals surface area contributed by atoms with Crippen molar-refractivity contribution in [1.29, 1.82) is 0 Å². The van der Waals surface area contributed by atoms with E-state index in [4.69, 9.17) is 10.2 Å². The molecule has 112 valence electrons. The topological polar surface area (TPSA) is 84.4 Å². The molecular formula is C15H20N4O2. The van der Waals surface area contributed by atoms with Gasteiger partial charge >= 0.3 is 0 Å². The van der Waals surface area contributed by atoms with Crippen LogP contribution in [-0.2, 0) is 6.54 Å². The van der Waals surface area contributed by atoms with Gasteiger partial charge in [-0.25, -0.2) is 4.98 Å². The first kappa shape index (κ1) is 14.9. The Morgan fingerprint density at radius 2 is 2.10 bits per heavy atom. The summed E-state index contributed by atoms with van der Waals surface area (Å²) in [6, 6.07) is 5.26. The van der Waals surface area contributed by atoms with Crippen LogP contribution in [0.2, 0.25) is 0 Å². The van der Waals surface area contributed by atoms with Crippen LogP contribution in [-0.4, -0.2) is 25.0 Å². The van der Waals surface area contributed by atoms with Gasteiger partial charge in [0.1, 0.15) is 5.76 Å². The first-order valence-corrected chi connectivity index (χ1v) is 6.66. The van der Waals surface area contributed by atoms with Crippen molar-refractivity contribution >= 4 is 17.3 Å². The van der Waals surface area contributed by atoms with Crippen molar-refractivity contribution < 1.29 is 9.21 Å². The Kier molecular flexibility index (Phi) is 4.16. The number of carbonyl (C=O) groups is 1. The monoisotopic (exact) mass is 288 g/mol. The number of anilines is 2. The Morgan fingerprint density at radius 1 is 1.38 bits per heavy atom. The summed E-state index contributed by atoms with van der Waals surface area (Å²) in [5, 5.41) is 2.80. The van der Waals surface area contributed by atoms with E-state index in [1.165, 1.54) is 0 Å². The van der Waals surface area contributed by atoms with E-state index in [1.54, 1.807) is 12.1 Å². The summed E-state index contributed by atoms with van der Waals surface area (Å²) in [6.07, 6.45) is 0. The lowest BCUT2D eigenvalue weighted by molar-refractivity contribution is 0.0947. The lowest BCUT2D eigenvalue weighted by Gasteiger charge is -2.17. The normalized spacial score (nSPS) is 10.5. The Bertz CT molecular complexity index is 642. The number of oxazole rings is 1. The van der Waals surface area contributed by atoms with Crippen LogP contribution >= 0.6 is 0 Å². The minimum Gasteiger partial charge on any atom is -0.444 e. The second-order valence-electron chi connectivity index (χ2n) is 5.10. The molecule has 1 aromatic heterocycles. The van der Waals surface area contributed by atoms with E-state index < -0.39 is 0 Å².